The Balaban J connectivity index is 1.52. The van der Waals surface area contributed by atoms with Crippen molar-refractivity contribution in [2.75, 3.05) is 11.3 Å². The quantitative estimate of drug-likeness (QED) is 0.465. The fraction of sp³-hybridized carbons (Fsp3) is 0.217. The average molecular weight is 470 g/mol. The molecule has 7 nitrogen and oxygen atoms in total. The smallest absolute Gasteiger partial charge is 0.265 e. The average Bonchev–Trinajstić information content (AvgIpc) is 3.21. The van der Waals surface area contributed by atoms with Gasteiger partial charge in [0.05, 0.1) is 24.0 Å². The Kier molecular flexibility index (Phi) is 5.34. The molecule has 4 aromatic rings. The van der Waals surface area contributed by atoms with Gasteiger partial charge in [-0.15, -0.1) is 0 Å². The normalized spacial score (nSPS) is 14.8. The van der Waals surface area contributed by atoms with Crippen molar-refractivity contribution in [3.8, 4) is 0 Å². The van der Waals surface area contributed by atoms with Crippen molar-refractivity contribution < 1.29 is 17.2 Å². The number of aromatic nitrogens is 3. The highest BCUT2D eigenvalue weighted by atomic mass is 32.2. The van der Waals surface area contributed by atoms with Crippen LogP contribution in [0.3, 0.4) is 0 Å². The van der Waals surface area contributed by atoms with Crippen LogP contribution in [0.15, 0.2) is 59.8 Å². The van der Waals surface area contributed by atoms with Crippen LogP contribution in [0.2, 0.25) is 0 Å². The van der Waals surface area contributed by atoms with Gasteiger partial charge in [0.25, 0.3) is 10.0 Å². The van der Waals surface area contributed by atoms with Crippen LogP contribution in [-0.2, 0) is 23.0 Å². The summed E-state index contributed by atoms with van der Waals surface area (Å²) >= 11 is 0. The van der Waals surface area contributed by atoms with E-state index in [0.29, 0.717) is 10.9 Å². The van der Waals surface area contributed by atoms with E-state index >= 15 is 4.39 Å². The van der Waals surface area contributed by atoms with Crippen molar-refractivity contribution in [1.29, 1.82) is 0 Å². The Morgan fingerprint density at radius 2 is 2.00 bits per heavy atom. The molecule has 0 aliphatic carbocycles. The van der Waals surface area contributed by atoms with Crippen LogP contribution in [0.4, 0.5) is 14.6 Å². The number of nitrogens with one attached hydrogen (secondary N) is 2. The van der Waals surface area contributed by atoms with Crippen molar-refractivity contribution in [3.05, 3.63) is 83.2 Å². The van der Waals surface area contributed by atoms with Crippen molar-refractivity contribution in [2.45, 2.75) is 30.8 Å². The first kappa shape index (κ1) is 21.5. The molecule has 2 aromatic carbocycles. The minimum absolute atomic E-state index is 0.109. The van der Waals surface area contributed by atoms with E-state index in [0.717, 1.165) is 37.3 Å². The van der Waals surface area contributed by atoms with Gasteiger partial charge in [0.2, 0.25) is 0 Å². The second-order valence-electron chi connectivity index (χ2n) is 7.99. The fourth-order valence-corrected chi connectivity index (χ4v) is 5.36. The zero-order valence-electron chi connectivity index (χ0n) is 17.7. The molecule has 0 spiro atoms. The monoisotopic (exact) mass is 469 g/mol. The molecule has 0 fully saturated rings. The van der Waals surface area contributed by atoms with Crippen LogP contribution >= 0.6 is 0 Å². The van der Waals surface area contributed by atoms with Crippen molar-refractivity contribution in [3.63, 3.8) is 0 Å². The Bertz CT molecular complexity index is 1450. The SMILES string of the molecule is CC(c1cccc2c1CNCC2)n1ncc2cc(S(=O)(=O)Nc3ccc(F)cn3)c(F)cc21. The number of fused-ring (bicyclic) bond motifs is 2. The molecule has 1 atom stereocenters. The van der Waals surface area contributed by atoms with Gasteiger partial charge in [-0.05, 0) is 54.8 Å². The van der Waals surface area contributed by atoms with E-state index in [1.165, 1.54) is 35.5 Å². The first-order chi connectivity index (χ1) is 15.8. The Labute approximate surface area is 189 Å². The molecule has 3 heterocycles. The van der Waals surface area contributed by atoms with Gasteiger partial charge in [-0.25, -0.2) is 22.2 Å². The maximum absolute atomic E-state index is 15.0. The zero-order chi connectivity index (χ0) is 23.2. The standard InChI is InChI=1S/C23H21F2N5O2S/c1-14(18-4-2-3-15-7-8-26-13-19(15)18)30-21-10-20(25)22(9-16(21)11-28-30)33(31,32)29-23-6-5-17(24)12-27-23/h2-6,9-12,14,26H,7-8,13H2,1H3,(H,27,29). The topological polar surface area (TPSA) is 88.9 Å². The summed E-state index contributed by atoms with van der Waals surface area (Å²) in [6.07, 6.45) is 3.34. The summed E-state index contributed by atoms with van der Waals surface area (Å²) in [5.41, 5.74) is 4.08. The summed E-state index contributed by atoms with van der Waals surface area (Å²) in [4.78, 5) is 3.13. The molecule has 10 heteroatoms. The molecule has 1 aliphatic heterocycles. The van der Waals surface area contributed by atoms with Gasteiger partial charge < -0.3 is 5.32 Å². The molecule has 1 aliphatic rings. The lowest BCUT2D eigenvalue weighted by Crippen LogP contribution is -2.26. The molecular weight excluding hydrogens is 448 g/mol. The van der Waals surface area contributed by atoms with Gasteiger partial charge in [-0.3, -0.25) is 9.40 Å². The highest BCUT2D eigenvalue weighted by molar-refractivity contribution is 7.92. The molecule has 2 N–H and O–H groups in total. The van der Waals surface area contributed by atoms with Gasteiger partial charge in [-0.2, -0.15) is 5.10 Å². The predicted octanol–water partition coefficient (Wildman–Crippen LogP) is 3.77. The highest BCUT2D eigenvalue weighted by Crippen LogP contribution is 2.31. The Morgan fingerprint density at radius 3 is 2.79 bits per heavy atom. The van der Waals surface area contributed by atoms with E-state index in [1.54, 1.807) is 4.68 Å². The third kappa shape index (κ3) is 3.96. The number of benzene rings is 2. The molecule has 0 saturated carbocycles. The molecule has 0 saturated heterocycles. The van der Waals surface area contributed by atoms with Crippen LogP contribution in [0, 0.1) is 11.6 Å². The number of hydrogen-bond acceptors (Lipinski definition) is 5. The second-order valence-corrected chi connectivity index (χ2v) is 9.64. The molecule has 33 heavy (non-hydrogen) atoms. The van der Waals surface area contributed by atoms with Crippen LogP contribution in [0.25, 0.3) is 10.9 Å². The van der Waals surface area contributed by atoms with Gasteiger partial charge in [0, 0.05) is 18.0 Å². The summed E-state index contributed by atoms with van der Waals surface area (Å²) in [5, 5.41) is 8.31. The fourth-order valence-electron chi connectivity index (χ4n) is 4.25. The lowest BCUT2D eigenvalue weighted by Gasteiger charge is -2.24. The van der Waals surface area contributed by atoms with Crippen molar-refractivity contribution in [1.82, 2.24) is 20.1 Å². The van der Waals surface area contributed by atoms with Crippen LogP contribution in [0.1, 0.15) is 29.7 Å². The van der Waals surface area contributed by atoms with Gasteiger partial charge in [0.1, 0.15) is 22.3 Å². The van der Waals surface area contributed by atoms with E-state index in [4.69, 9.17) is 0 Å². The predicted molar refractivity (Wildman–Crippen MR) is 120 cm³/mol. The van der Waals surface area contributed by atoms with Crippen molar-refractivity contribution >= 4 is 26.7 Å². The molecular formula is C23H21F2N5O2S. The van der Waals surface area contributed by atoms with Gasteiger partial charge >= 0.3 is 0 Å². The van der Waals surface area contributed by atoms with Gasteiger partial charge in [0.15, 0.2) is 0 Å². The van der Waals surface area contributed by atoms with E-state index in [-0.39, 0.29) is 11.9 Å². The number of sulfonamides is 1. The molecule has 2 aromatic heterocycles. The summed E-state index contributed by atoms with van der Waals surface area (Å²) in [7, 11) is -4.28. The summed E-state index contributed by atoms with van der Waals surface area (Å²) in [6, 6.07) is 10.6. The van der Waals surface area contributed by atoms with E-state index in [2.05, 4.69) is 26.2 Å². The molecule has 5 rings (SSSR count). The maximum Gasteiger partial charge on any atom is 0.265 e. The lowest BCUT2D eigenvalue weighted by atomic mass is 9.92. The summed E-state index contributed by atoms with van der Waals surface area (Å²) in [5.74, 6) is -1.63. The van der Waals surface area contributed by atoms with E-state index in [1.807, 2.05) is 19.1 Å². The lowest BCUT2D eigenvalue weighted by molar-refractivity contribution is 0.556. The highest BCUT2D eigenvalue weighted by Gasteiger charge is 2.24. The maximum atomic E-state index is 15.0. The second kappa shape index (κ2) is 8.20. The third-order valence-corrected chi connectivity index (χ3v) is 7.27. The van der Waals surface area contributed by atoms with Gasteiger partial charge in [-0.1, -0.05) is 18.2 Å². The number of nitrogens with zero attached hydrogens (tertiary/aromatic N) is 3. The molecule has 1 unspecified atom stereocenters. The van der Waals surface area contributed by atoms with Crippen LogP contribution in [0.5, 0.6) is 0 Å². The van der Waals surface area contributed by atoms with E-state index < -0.39 is 26.6 Å². The number of rotatable bonds is 5. The Morgan fingerprint density at radius 1 is 1.15 bits per heavy atom. The molecule has 170 valence electrons. The minimum atomic E-state index is -4.28. The van der Waals surface area contributed by atoms with Crippen LogP contribution < -0.4 is 10.0 Å². The minimum Gasteiger partial charge on any atom is -0.312 e. The van der Waals surface area contributed by atoms with Crippen LogP contribution in [-0.4, -0.2) is 29.7 Å². The summed E-state index contributed by atoms with van der Waals surface area (Å²) in [6.45, 7) is 3.68. The number of hydrogen-bond donors (Lipinski definition) is 2. The third-order valence-electron chi connectivity index (χ3n) is 5.90. The van der Waals surface area contributed by atoms with E-state index in [9.17, 15) is 12.8 Å². The first-order valence-electron chi connectivity index (χ1n) is 10.5. The summed E-state index contributed by atoms with van der Waals surface area (Å²) < 4.78 is 57.5. The number of anilines is 1. The first-order valence-corrected chi connectivity index (χ1v) is 11.9. The number of pyridine rings is 1. The largest absolute Gasteiger partial charge is 0.312 e. The zero-order valence-corrected chi connectivity index (χ0v) is 18.5. The molecule has 0 bridgehead atoms. The molecule has 0 amide bonds. The number of halogens is 2. The van der Waals surface area contributed by atoms with Crippen molar-refractivity contribution in [2.24, 2.45) is 0 Å². The Hall–Kier alpha value is -3.37. The molecule has 0 radical (unpaired) electrons.